The van der Waals surface area contributed by atoms with E-state index in [0.29, 0.717) is 12.1 Å². The highest BCUT2D eigenvalue weighted by Crippen LogP contribution is 2.29. The molecule has 2 heterocycles. The molecule has 1 aromatic carbocycles. The Labute approximate surface area is 174 Å². The van der Waals surface area contributed by atoms with Crippen LogP contribution in [-0.2, 0) is 16.0 Å². The molecule has 156 valence electrons. The van der Waals surface area contributed by atoms with Crippen molar-refractivity contribution in [1.29, 1.82) is 0 Å². The number of aryl methyl sites for hydroxylation is 1. The molecule has 1 aromatic heterocycles. The molecule has 0 bridgehead atoms. The van der Waals surface area contributed by atoms with Gasteiger partial charge in [0, 0.05) is 36.2 Å². The minimum Gasteiger partial charge on any atom is -0.496 e. The average molecular weight is 421 g/mol. The molecule has 2 aromatic rings. The topological polar surface area (TPSA) is 92.8 Å². The summed E-state index contributed by atoms with van der Waals surface area (Å²) in [6.07, 6.45) is 2.25. The number of halogens is 1. The Bertz CT molecular complexity index is 932. The summed E-state index contributed by atoms with van der Waals surface area (Å²) >= 11 is 5.99. The van der Waals surface area contributed by atoms with Gasteiger partial charge in [-0.1, -0.05) is 11.6 Å². The molecule has 2 N–H and O–H groups in total. The second-order valence-corrected chi connectivity index (χ2v) is 7.51. The molecule has 0 unspecified atom stereocenters. The van der Waals surface area contributed by atoms with Gasteiger partial charge in [-0.15, -0.1) is 0 Å². The van der Waals surface area contributed by atoms with Crippen molar-refractivity contribution >= 4 is 29.0 Å². The number of carbonyl (C=O) groups excluding carboxylic acids is 2. The molecule has 29 heavy (non-hydrogen) atoms. The minimum atomic E-state index is -0.703. The highest BCUT2D eigenvalue weighted by molar-refractivity contribution is 6.33. The molecule has 1 aliphatic heterocycles. The third kappa shape index (κ3) is 4.57. The predicted molar refractivity (Wildman–Crippen MR) is 110 cm³/mol. The number of hydrogen-bond donors (Lipinski definition) is 1. The quantitative estimate of drug-likeness (QED) is 0.418. The van der Waals surface area contributed by atoms with Crippen LogP contribution < -0.4 is 10.5 Å². The first-order valence-corrected chi connectivity index (χ1v) is 9.81. The summed E-state index contributed by atoms with van der Waals surface area (Å²) in [5.74, 6) is -0.741. The van der Waals surface area contributed by atoms with Gasteiger partial charge >= 0.3 is 5.97 Å². The van der Waals surface area contributed by atoms with E-state index in [1.54, 1.807) is 0 Å². The van der Waals surface area contributed by atoms with E-state index >= 15 is 0 Å². The first kappa shape index (κ1) is 21.2. The fourth-order valence-electron chi connectivity index (χ4n) is 3.54. The number of carbonyl (C=O) groups is 2. The summed E-state index contributed by atoms with van der Waals surface area (Å²) in [5.41, 5.74) is 8.48. The lowest BCUT2D eigenvalue weighted by Crippen LogP contribution is -2.18. The summed E-state index contributed by atoms with van der Waals surface area (Å²) in [6.45, 7) is 4.95. The second-order valence-electron chi connectivity index (χ2n) is 7.10. The number of hydrogen-bond acceptors (Lipinski definition) is 6. The van der Waals surface area contributed by atoms with Crippen LogP contribution in [0.2, 0.25) is 5.02 Å². The smallest absolute Gasteiger partial charge is 0.342 e. The lowest BCUT2D eigenvalue weighted by Gasteiger charge is -2.15. The van der Waals surface area contributed by atoms with Gasteiger partial charge in [0.25, 0.3) is 0 Å². The van der Waals surface area contributed by atoms with E-state index in [0.717, 1.165) is 30.8 Å². The van der Waals surface area contributed by atoms with Gasteiger partial charge in [0.15, 0.2) is 6.61 Å². The number of nitrogens with two attached hydrogens (primary N) is 1. The molecule has 0 spiro atoms. The van der Waals surface area contributed by atoms with Gasteiger partial charge in [0.05, 0.1) is 23.9 Å². The monoisotopic (exact) mass is 420 g/mol. The summed E-state index contributed by atoms with van der Waals surface area (Å²) < 4.78 is 18.1. The Morgan fingerprint density at radius 3 is 2.69 bits per heavy atom. The zero-order valence-electron chi connectivity index (χ0n) is 16.8. The number of nitrogens with zero attached hydrogens (tertiary/aromatic N) is 1. The number of nitrogen functional groups attached to an aromatic ring is 1. The molecule has 0 aliphatic carbocycles. The van der Waals surface area contributed by atoms with Gasteiger partial charge in [0.2, 0.25) is 5.78 Å². The van der Waals surface area contributed by atoms with E-state index in [9.17, 15) is 9.59 Å². The third-order valence-electron chi connectivity index (χ3n) is 5.16. The van der Waals surface area contributed by atoms with E-state index in [1.165, 1.54) is 19.2 Å². The van der Waals surface area contributed by atoms with E-state index in [2.05, 4.69) is 4.57 Å². The van der Waals surface area contributed by atoms with Gasteiger partial charge in [-0.3, -0.25) is 4.79 Å². The molecule has 1 atom stereocenters. The molecule has 1 aliphatic rings. The highest BCUT2D eigenvalue weighted by atomic mass is 35.5. The zero-order valence-corrected chi connectivity index (χ0v) is 17.5. The zero-order chi connectivity index (χ0) is 21.1. The average Bonchev–Trinajstić information content (AvgIpc) is 3.31. The summed E-state index contributed by atoms with van der Waals surface area (Å²) in [4.78, 5) is 25.1. The maximum atomic E-state index is 12.7. The van der Waals surface area contributed by atoms with E-state index < -0.39 is 5.97 Å². The normalized spacial score (nSPS) is 16.1. The predicted octanol–water partition coefficient (Wildman–Crippen LogP) is 3.57. The maximum Gasteiger partial charge on any atom is 0.342 e. The number of esters is 1. The number of ether oxygens (including phenoxy) is 3. The van der Waals surface area contributed by atoms with Crippen LogP contribution in [-0.4, -0.2) is 42.7 Å². The second kappa shape index (κ2) is 8.88. The van der Waals surface area contributed by atoms with Gasteiger partial charge in [-0.05, 0) is 38.8 Å². The van der Waals surface area contributed by atoms with Crippen molar-refractivity contribution in [3.63, 3.8) is 0 Å². The first-order chi connectivity index (χ1) is 13.8. The molecular weight excluding hydrogens is 396 g/mol. The van der Waals surface area contributed by atoms with Crippen molar-refractivity contribution < 1.29 is 23.8 Å². The number of benzene rings is 1. The van der Waals surface area contributed by atoms with Gasteiger partial charge in [-0.25, -0.2) is 4.79 Å². The van der Waals surface area contributed by atoms with Gasteiger partial charge in [-0.2, -0.15) is 0 Å². The number of methoxy groups -OCH3 is 1. The van der Waals surface area contributed by atoms with Crippen LogP contribution in [0.25, 0.3) is 0 Å². The van der Waals surface area contributed by atoms with Crippen molar-refractivity contribution in [2.75, 3.05) is 26.1 Å². The van der Waals surface area contributed by atoms with E-state index in [4.69, 9.17) is 31.5 Å². The Balaban J connectivity index is 1.69. The van der Waals surface area contributed by atoms with Crippen LogP contribution in [0.4, 0.5) is 5.69 Å². The van der Waals surface area contributed by atoms with Gasteiger partial charge in [0.1, 0.15) is 11.3 Å². The standard InChI is InChI=1S/C21H25ClN2O5/c1-12-7-15(13(2)24(12)10-14-5-4-6-28-14)19(25)11-29-21(26)16-8-17(22)18(23)9-20(16)27-3/h7-9,14H,4-6,10-11,23H2,1-3H3/t14-/m1/s1. The third-order valence-corrected chi connectivity index (χ3v) is 5.48. The Morgan fingerprint density at radius 1 is 1.28 bits per heavy atom. The highest BCUT2D eigenvalue weighted by Gasteiger charge is 2.23. The van der Waals surface area contributed by atoms with Crippen molar-refractivity contribution in [3.05, 3.63) is 45.7 Å². The molecule has 0 saturated carbocycles. The number of rotatable bonds is 7. The minimum absolute atomic E-state index is 0.114. The first-order valence-electron chi connectivity index (χ1n) is 9.43. The molecule has 1 fully saturated rings. The maximum absolute atomic E-state index is 12.7. The Morgan fingerprint density at radius 2 is 2.03 bits per heavy atom. The summed E-state index contributed by atoms with van der Waals surface area (Å²) in [7, 11) is 1.41. The summed E-state index contributed by atoms with van der Waals surface area (Å²) in [5, 5.41) is 0.210. The van der Waals surface area contributed by atoms with Crippen LogP contribution >= 0.6 is 11.6 Å². The SMILES string of the molecule is COc1cc(N)c(Cl)cc1C(=O)OCC(=O)c1cc(C)n(C[C@H]2CCCO2)c1C. The number of ketones is 1. The van der Waals surface area contributed by atoms with E-state index in [-0.39, 0.29) is 40.5 Å². The van der Waals surface area contributed by atoms with Crippen LogP contribution in [0.15, 0.2) is 18.2 Å². The molecular formula is C21H25ClN2O5. The Hall–Kier alpha value is -2.51. The summed E-state index contributed by atoms with van der Waals surface area (Å²) in [6, 6.07) is 4.64. The van der Waals surface area contributed by atoms with Crippen LogP contribution in [0, 0.1) is 13.8 Å². The van der Waals surface area contributed by atoms with Crippen LogP contribution in [0.5, 0.6) is 5.75 Å². The van der Waals surface area contributed by atoms with Crippen LogP contribution in [0.1, 0.15) is 44.9 Å². The fraction of sp³-hybridized carbons (Fsp3) is 0.429. The molecule has 7 nitrogen and oxygen atoms in total. The number of aromatic nitrogens is 1. The largest absolute Gasteiger partial charge is 0.496 e. The number of Topliss-reactive ketones (excluding diaryl/α,β-unsaturated/α-hetero) is 1. The lowest BCUT2D eigenvalue weighted by atomic mass is 10.1. The number of anilines is 1. The molecule has 3 rings (SSSR count). The van der Waals surface area contributed by atoms with Crippen molar-refractivity contribution in [1.82, 2.24) is 4.57 Å². The molecule has 0 radical (unpaired) electrons. The fourth-order valence-corrected chi connectivity index (χ4v) is 3.70. The molecule has 1 saturated heterocycles. The Kier molecular flexibility index (Phi) is 6.49. The van der Waals surface area contributed by atoms with Gasteiger partial charge < -0.3 is 24.5 Å². The van der Waals surface area contributed by atoms with Crippen LogP contribution in [0.3, 0.4) is 0 Å². The van der Waals surface area contributed by atoms with E-state index in [1.807, 2.05) is 19.9 Å². The van der Waals surface area contributed by atoms with Crippen molar-refractivity contribution in [3.8, 4) is 5.75 Å². The van der Waals surface area contributed by atoms with Crippen molar-refractivity contribution in [2.24, 2.45) is 0 Å². The molecule has 8 heteroatoms. The van der Waals surface area contributed by atoms with Crippen molar-refractivity contribution in [2.45, 2.75) is 39.3 Å². The lowest BCUT2D eigenvalue weighted by molar-refractivity contribution is 0.0471. The molecule has 0 amide bonds.